The van der Waals surface area contributed by atoms with E-state index in [1.54, 1.807) is 0 Å². The van der Waals surface area contributed by atoms with Crippen LogP contribution in [0.5, 0.6) is 0 Å². The topological polar surface area (TPSA) is 27.7 Å². The Labute approximate surface area is 131 Å². The molecule has 126 valence electrons. The van der Waals surface area contributed by atoms with Gasteiger partial charge in [-0.05, 0) is 79.6 Å². The molecule has 1 saturated carbocycles. The first kappa shape index (κ1) is 18.9. The summed E-state index contributed by atoms with van der Waals surface area (Å²) in [6.45, 7) is 15.2. The van der Waals surface area contributed by atoms with E-state index in [2.05, 4.69) is 41.5 Å². The van der Waals surface area contributed by atoms with Crippen LogP contribution in [0.4, 0.5) is 0 Å². The normalized spacial score (nSPS) is 23.1. The maximum atomic E-state index is 5.96. The number of hydrogen-bond acceptors (Lipinski definition) is 3. The van der Waals surface area contributed by atoms with Crippen LogP contribution in [0.2, 0.25) is 0 Å². The van der Waals surface area contributed by atoms with Crippen molar-refractivity contribution >= 4 is 0 Å². The molecule has 0 atom stereocenters. The van der Waals surface area contributed by atoms with Crippen molar-refractivity contribution in [2.75, 3.05) is 19.8 Å². The van der Waals surface area contributed by atoms with Gasteiger partial charge in [-0.25, -0.2) is 0 Å². The average Bonchev–Trinajstić information content (AvgIpc) is 2.25. The Kier molecular flexibility index (Phi) is 7.66. The Morgan fingerprint density at radius 1 is 0.810 bits per heavy atom. The zero-order chi connectivity index (χ0) is 15.9. The summed E-state index contributed by atoms with van der Waals surface area (Å²) < 4.78 is 17.3. The summed E-state index contributed by atoms with van der Waals surface area (Å²) in [4.78, 5) is 0. The first-order valence-corrected chi connectivity index (χ1v) is 8.55. The third-order valence-corrected chi connectivity index (χ3v) is 3.58. The smallest absolute Gasteiger partial charge is 0.0602 e. The van der Waals surface area contributed by atoms with Crippen molar-refractivity contribution in [3.05, 3.63) is 0 Å². The van der Waals surface area contributed by atoms with Crippen LogP contribution in [0.3, 0.4) is 0 Å². The third-order valence-electron chi connectivity index (χ3n) is 3.58. The van der Waals surface area contributed by atoms with E-state index in [4.69, 9.17) is 14.2 Å². The molecule has 0 aromatic carbocycles. The van der Waals surface area contributed by atoms with Crippen molar-refractivity contribution in [3.63, 3.8) is 0 Å². The summed E-state index contributed by atoms with van der Waals surface area (Å²) in [7, 11) is 0. The van der Waals surface area contributed by atoms with E-state index in [0.29, 0.717) is 6.10 Å². The SMILES string of the molecule is CC(C)(C)OCCCOCCCC1CC(OC(C)(C)C)C1. The van der Waals surface area contributed by atoms with Crippen LogP contribution in [0, 0.1) is 5.92 Å². The fourth-order valence-corrected chi connectivity index (χ4v) is 2.62. The highest BCUT2D eigenvalue weighted by Crippen LogP contribution is 2.35. The van der Waals surface area contributed by atoms with Crippen LogP contribution in [0.1, 0.15) is 73.6 Å². The molecule has 0 unspecified atom stereocenters. The lowest BCUT2D eigenvalue weighted by molar-refractivity contribution is -0.113. The second kappa shape index (κ2) is 8.50. The van der Waals surface area contributed by atoms with Gasteiger partial charge in [0.25, 0.3) is 0 Å². The molecule has 0 heterocycles. The van der Waals surface area contributed by atoms with Gasteiger partial charge in [-0.2, -0.15) is 0 Å². The second-order valence-corrected chi connectivity index (χ2v) is 8.26. The van der Waals surface area contributed by atoms with Crippen molar-refractivity contribution < 1.29 is 14.2 Å². The molecule has 0 N–H and O–H groups in total. The molecule has 0 radical (unpaired) electrons. The highest BCUT2D eigenvalue weighted by atomic mass is 16.5. The predicted octanol–water partition coefficient (Wildman–Crippen LogP) is 4.58. The molecular formula is C18H36O3. The van der Waals surface area contributed by atoms with Crippen molar-refractivity contribution in [1.82, 2.24) is 0 Å². The first-order valence-electron chi connectivity index (χ1n) is 8.55. The zero-order valence-electron chi connectivity index (χ0n) is 15.0. The summed E-state index contributed by atoms with van der Waals surface area (Å²) in [5, 5.41) is 0. The van der Waals surface area contributed by atoms with Crippen molar-refractivity contribution in [2.45, 2.75) is 91.0 Å². The van der Waals surface area contributed by atoms with Gasteiger partial charge in [0.15, 0.2) is 0 Å². The Morgan fingerprint density at radius 3 is 2.00 bits per heavy atom. The van der Waals surface area contributed by atoms with E-state index in [9.17, 15) is 0 Å². The molecule has 0 aliphatic heterocycles. The van der Waals surface area contributed by atoms with E-state index in [0.717, 1.165) is 32.2 Å². The largest absolute Gasteiger partial charge is 0.381 e. The standard InChI is InChI=1S/C18H36O3/c1-17(2,3)20-12-8-11-19-10-7-9-15-13-16(14-15)21-18(4,5)6/h15-16H,7-14H2,1-6H3. The molecule has 0 spiro atoms. The van der Waals surface area contributed by atoms with Crippen LogP contribution in [-0.4, -0.2) is 37.1 Å². The molecule has 1 rings (SSSR count). The predicted molar refractivity (Wildman–Crippen MR) is 87.7 cm³/mol. The van der Waals surface area contributed by atoms with E-state index in [1.165, 1.54) is 25.7 Å². The van der Waals surface area contributed by atoms with Gasteiger partial charge in [0.05, 0.1) is 17.3 Å². The van der Waals surface area contributed by atoms with E-state index in [-0.39, 0.29) is 11.2 Å². The highest BCUT2D eigenvalue weighted by molar-refractivity contribution is 4.82. The number of ether oxygens (including phenoxy) is 3. The Bertz CT molecular complexity index is 269. The van der Waals surface area contributed by atoms with Gasteiger partial charge >= 0.3 is 0 Å². The Morgan fingerprint density at radius 2 is 1.43 bits per heavy atom. The quantitative estimate of drug-likeness (QED) is 0.583. The van der Waals surface area contributed by atoms with Crippen molar-refractivity contribution in [3.8, 4) is 0 Å². The third kappa shape index (κ3) is 10.3. The van der Waals surface area contributed by atoms with Gasteiger partial charge in [0.1, 0.15) is 0 Å². The monoisotopic (exact) mass is 300 g/mol. The molecule has 1 aliphatic rings. The number of rotatable bonds is 9. The second-order valence-electron chi connectivity index (χ2n) is 8.26. The lowest BCUT2D eigenvalue weighted by Gasteiger charge is -2.39. The molecule has 0 saturated heterocycles. The molecule has 21 heavy (non-hydrogen) atoms. The van der Waals surface area contributed by atoms with Crippen LogP contribution >= 0.6 is 0 Å². The van der Waals surface area contributed by atoms with Gasteiger partial charge in [-0.3, -0.25) is 0 Å². The first-order chi connectivity index (χ1) is 9.66. The molecule has 0 amide bonds. The van der Waals surface area contributed by atoms with Gasteiger partial charge in [0.2, 0.25) is 0 Å². The van der Waals surface area contributed by atoms with Crippen molar-refractivity contribution in [2.24, 2.45) is 5.92 Å². The minimum absolute atomic E-state index is 0.00781. The van der Waals surface area contributed by atoms with Crippen molar-refractivity contribution in [1.29, 1.82) is 0 Å². The minimum atomic E-state index is -0.0319. The molecule has 1 aliphatic carbocycles. The maximum Gasteiger partial charge on any atom is 0.0602 e. The average molecular weight is 300 g/mol. The molecule has 3 nitrogen and oxygen atoms in total. The highest BCUT2D eigenvalue weighted by Gasteiger charge is 2.32. The number of hydrogen-bond donors (Lipinski definition) is 0. The van der Waals surface area contributed by atoms with Gasteiger partial charge in [-0.15, -0.1) is 0 Å². The lowest BCUT2D eigenvalue weighted by atomic mass is 9.79. The van der Waals surface area contributed by atoms with Crippen LogP contribution in [0.25, 0.3) is 0 Å². The molecular weight excluding hydrogens is 264 g/mol. The van der Waals surface area contributed by atoms with Gasteiger partial charge in [-0.1, -0.05) is 0 Å². The fraction of sp³-hybridized carbons (Fsp3) is 1.00. The lowest BCUT2D eigenvalue weighted by Crippen LogP contribution is -2.37. The summed E-state index contributed by atoms with van der Waals surface area (Å²) >= 11 is 0. The molecule has 3 heteroatoms. The van der Waals surface area contributed by atoms with Gasteiger partial charge in [0, 0.05) is 19.8 Å². The minimum Gasteiger partial charge on any atom is -0.381 e. The summed E-state index contributed by atoms with van der Waals surface area (Å²) in [6.07, 6.45) is 6.40. The summed E-state index contributed by atoms with van der Waals surface area (Å²) in [5.74, 6) is 0.852. The molecule has 0 aromatic heterocycles. The van der Waals surface area contributed by atoms with E-state index < -0.39 is 0 Å². The molecule has 0 bridgehead atoms. The van der Waals surface area contributed by atoms with Crippen LogP contribution < -0.4 is 0 Å². The maximum absolute atomic E-state index is 5.96. The molecule has 1 fully saturated rings. The Balaban J connectivity index is 1.84. The summed E-state index contributed by atoms with van der Waals surface area (Å²) in [5.41, 5.74) is -0.0240. The Hall–Kier alpha value is -0.120. The van der Waals surface area contributed by atoms with E-state index in [1.807, 2.05) is 0 Å². The zero-order valence-corrected chi connectivity index (χ0v) is 15.0. The fourth-order valence-electron chi connectivity index (χ4n) is 2.62. The van der Waals surface area contributed by atoms with Crippen LogP contribution in [-0.2, 0) is 14.2 Å². The van der Waals surface area contributed by atoms with Crippen LogP contribution in [0.15, 0.2) is 0 Å². The van der Waals surface area contributed by atoms with Gasteiger partial charge < -0.3 is 14.2 Å². The molecule has 0 aromatic rings. The van der Waals surface area contributed by atoms with E-state index >= 15 is 0 Å². The summed E-state index contributed by atoms with van der Waals surface area (Å²) in [6, 6.07) is 0.